The van der Waals surface area contributed by atoms with Crippen molar-refractivity contribution in [2.75, 3.05) is 38.0 Å². The number of para-hydroxylation sites is 1. The van der Waals surface area contributed by atoms with Gasteiger partial charge in [-0.25, -0.2) is 4.39 Å². The van der Waals surface area contributed by atoms with Crippen molar-refractivity contribution in [2.45, 2.75) is 18.9 Å². The van der Waals surface area contributed by atoms with Crippen LogP contribution in [0, 0.1) is 5.82 Å². The first kappa shape index (κ1) is 16.1. The molecule has 23 heavy (non-hydrogen) atoms. The van der Waals surface area contributed by atoms with Gasteiger partial charge in [0.2, 0.25) is 5.91 Å². The number of nitrogens with zero attached hydrogens (tertiary/aromatic N) is 2. The average Bonchev–Trinajstić information content (AvgIpc) is 3.34. The number of nitrogens with one attached hydrogen (secondary N) is 2. The van der Waals surface area contributed by atoms with E-state index >= 15 is 0 Å². The van der Waals surface area contributed by atoms with Gasteiger partial charge in [-0.15, -0.1) is 0 Å². The van der Waals surface area contributed by atoms with Crippen LogP contribution in [-0.4, -0.2) is 59.6 Å². The normalized spacial score (nSPS) is 18.6. The van der Waals surface area contributed by atoms with E-state index < -0.39 is 0 Å². The summed E-state index contributed by atoms with van der Waals surface area (Å²) in [4.78, 5) is 15.9. The minimum atomic E-state index is -0.315. The molecule has 1 saturated heterocycles. The second kappa shape index (κ2) is 7.23. The highest BCUT2D eigenvalue weighted by molar-refractivity contribution is 7.80. The van der Waals surface area contributed by atoms with E-state index in [1.807, 2.05) is 4.90 Å². The summed E-state index contributed by atoms with van der Waals surface area (Å²) in [6.07, 6.45) is 2.21. The Morgan fingerprint density at radius 2 is 1.91 bits per heavy atom. The number of thiocarbonyl (C=S) groups is 1. The summed E-state index contributed by atoms with van der Waals surface area (Å²) in [7, 11) is 0. The number of rotatable bonds is 4. The van der Waals surface area contributed by atoms with E-state index in [-0.39, 0.29) is 11.7 Å². The lowest BCUT2D eigenvalue weighted by molar-refractivity contribution is -0.122. The lowest BCUT2D eigenvalue weighted by atomic mass is 10.3. The Kier molecular flexibility index (Phi) is 5.07. The first-order valence-corrected chi connectivity index (χ1v) is 8.35. The Morgan fingerprint density at radius 3 is 2.57 bits per heavy atom. The molecular formula is C16H21FN4OS. The van der Waals surface area contributed by atoms with Crippen molar-refractivity contribution in [1.29, 1.82) is 0 Å². The highest BCUT2D eigenvalue weighted by Crippen LogP contribution is 2.18. The summed E-state index contributed by atoms with van der Waals surface area (Å²) in [5, 5.41) is 6.48. The van der Waals surface area contributed by atoms with Crippen LogP contribution in [0.25, 0.3) is 0 Å². The number of hydrogen-bond donors (Lipinski definition) is 2. The molecule has 2 N–H and O–H groups in total. The van der Waals surface area contributed by atoms with E-state index in [0.29, 0.717) is 23.4 Å². The van der Waals surface area contributed by atoms with Crippen molar-refractivity contribution in [3.8, 4) is 0 Å². The van der Waals surface area contributed by atoms with Crippen LogP contribution >= 0.6 is 12.2 Å². The van der Waals surface area contributed by atoms with Gasteiger partial charge in [0.05, 0.1) is 12.2 Å². The van der Waals surface area contributed by atoms with Crippen LogP contribution in [-0.2, 0) is 4.79 Å². The van der Waals surface area contributed by atoms with Crippen molar-refractivity contribution < 1.29 is 9.18 Å². The topological polar surface area (TPSA) is 47.6 Å². The van der Waals surface area contributed by atoms with Gasteiger partial charge in [0.25, 0.3) is 0 Å². The molecule has 0 aromatic heterocycles. The summed E-state index contributed by atoms with van der Waals surface area (Å²) in [6, 6.07) is 6.89. The number of carbonyl (C=O) groups is 1. The molecule has 0 bridgehead atoms. The van der Waals surface area contributed by atoms with Crippen LogP contribution in [0.3, 0.4) is 0 Å². The molecule has 3 rings (SSSR count). The molecule has 2 aliphatic rings. The number of halogens is 1. The number of carbonyl (C=O) groups excluding carboxylic acids is 1. The zero-order valence-corrected chi connectivity index (χ0v) is 13.7. The molecule has 1 aromatic carbocycles. The highest BCUT2D eigenvalue weighted by Gasteiger charge is 2.25. The number of amides is 1. The third-order valence-corrected chi connectivity index (χ3v) is 4.44. The molecule has 5 nitrogen and oxygen atoms in total. The van der Waals surface area contributed by atoms with Gasteiger partial charge in [0.15, 0.2) is 5.11 Å². The van der Waals surface area contributed by atoms with Gasteiger partial charge in [-0.3, -0.25) is 9.69 Å². The highest BCUT2D eigenvalue weighted by atomic mass is 32.1. The maximum atomic E-state index is 13.6. The van der Waals surface area contributed by atoms with E-state index in [1.54, 1.807) is 18.2 Å². The van der Waals surface area contributed by atoms with Crippen molar-refractivity contribution in [3.63, 3.8) is 0 Å². The molecule has 2 fully saturated rings. The third-order valence-electron chi connectivity index (χ3n) is 4.08. The maximum Gasteiger partial charge on any atom is 0.234 e. The first-order chi connectivity index (χ1) is 11.1. The number of anilines is 1. The van der Waals surface area contributed by atoms with Crippen LogP contribution in [0.2, 0.25) is 0 Å². The molecule has 0 atom stereocenters. The monoisotopic (exact) mass is 336 g/mol. The molecule has 0 spiro atoms. The number of benzene rings is 1. The van der Waals surface area contributed by atoms with E-state index in [9.17, 15) is 9.18 Å². The van der Waals surface area contributed by atoms with Gasteiger partial charge < -0.3 is 15.5 Å². The lowest BCUT2D eigenvalue weighted by Crippen LogP contribution is -2.52. The van der Waals surface area contributed by atoms with Gasteiger partial charge in [0.1, 0.15) is 5.82 Å². The predicted molar refractivity (Wildman–Crippen MR) is 91.8 cm³/mol. The fraction of sp³-hybridized carbons (Fsp3) is 0.500. The van der Waals surface area contributed by atoms with E-state index in [0.717, 1.165) is 39.0 Å². The predicted octanol–water partition coefficient (Wildman–Crippen LogP) is 1.42. The zero-order valence-electron chi connectivity index (χ0n) is 12.9. The molecule has 124 valence electrons. The quantitative estimate of drug-likeness (QED) is 0.815. The second-order valence-corrected chi connectivity index (χ2v) is 6.40. The Morgan fingerprint density at radius 1 is 1.22 bits per heavy atom. The first-order valence-electron chi connectivity index (χ1n) is 7.94. The minimum Gasteiger partial charge on any atom is -0.352 e. The third kappa shape index (κ3) is 4.62. The van der Waals surface area contributed by atoms with Crippen LogP contribution in [0.5, 0.6) is 0 Å². The molecule has 1 aliphatic carbocycles. The summed E-state index contributed by atoms with van der Waals surface area (Å²) < 4.78 is 13.6. The van der Waals surface area contributed by atoms with Crippen LogP contribution in [0.1, 0.15) is 12.8 Å². The summed E-state index contributed by atoms with van der Waals surface area (Å²) in [6.45, 7) is 3.46. The summed E-state index contributed by atoms with van der Waals surface area (Å²) >= 11 is 5.36. The molecule has 1 amide bonds. The molecule has 0 radical (unpaired) electrons. The second-order valence-electron chi connectivity index (χ2n) is 6.01. The van der Waals surface area contributed by atoms with Crippen molar-refractivity contribution in [2.24, 2.45) is 0 Å². The SMILES string of the molecule is O=C(CN1CCN(C(=S)Nc2ccccc2F)CC1)NC1CC1. The average molecular weight is 336 g/mol. The number of piperazine rings is 1. The molecule has 1 aromatic rings. The van der Waals surface area contributed by atoms with E-state index in [4.69, 9.17) is 12.2 Å². The maximum absolute atomic E-state index is 13.6. The van der Waals surface area contributed by atoms with Crippen LogP contribution < -0.4 is 10.6 Å². The molecule has 1 saturated carbocycles. The van der Waals surface area contributed by atoms with Crippen LogP contribution in [0.4, 0.5) is 10.1 Å². The smallest absolute Gasteiger partial charge is 0.234 e. The van der Waals surface area contributed by atoms with Crippen LogP contribution in [0.15, 0.2) is 24.3 Å². The molecular weight excluding hydrogens is 315 g/mol. The van der Waals surface area contributed by atoms with Crippen molar-refractivity contribution in [3.05, 3.63) is 30.1 Å². The summed E-state index contributed by atoms with van der Waals surface area (Å²) in [5.41, 5.74) is 0.392. The van der Waals surface area contributed by atoms with Gasteiger partial charge in [-0.1, -0.05) is 12.1 Å². The van der Waals surface area contributed by atoms with Gasteiger partial charge in [0, 0.05) is 32.2 Å². The largest absolute Gasteiger partial charge is 0.352 e. The lowest BCUT2D eigenvalue weighted by Gasteiger charge is -2.35. The zero-order chi connectivity index (χ0) is 16.2. The minimum absolute atomic E-state index is 0.105. The van der Waals surface area contributed by atoms with Gasteiger partial charge in [-0.05, 0) is 37.2 Å². The standard InChI is InChI=1S/C16H21FN4OS/c17-13-3-1-2-4-14(13)19-16(23)21-9-7-20(8-10-21)11-15(22)18-12-5-6-12/h1-4,12H,5-11H2,(H,18,22)(H,19,23). The van der Waals surface area contributed by atoms with Crippen molar-refractivity contribution >= 4 is 28.9 Å². The van der Waals surface area contributed by atoms with E-state index in [2.05, 4.69) is 15.5 Å². The fourth-order valence-electron chi connectivity index (χ4n) is 2.57. The van der Waals surface area contributed by atoms with Gasteiger partial charge >= 0.3 is 0 Å². The Labute approximate surface area is 140 Å². The van der Waals surface area contributed by atoms with Crippen molar-refractivity contribution in [1.82, 2.24) is 15.1 Å². The molecule has 1 aliphatic heterocycles. The molecule has 7 heteroatoms. The number of hydrogen-bond acceptors (Lipinski definition) is 3. The molecule has 0 unspecified atom stereocenters. The Balaban J connectivity index is 1.43. The summed E-state index contributed by atoms with van der Waals surface area (Å²) in [5.74, 6) is -0.210. The molecule has 1 heterocycles. The Bertz CT molecular complexity index is 585. The Hall–Kier alpha value is -1.73. The van der Waals surface area contributed by atoms with E-state index in [1.165, 1.54) is 6.07 Å². The fourth-order valence-corrected chi connectivity index (χ4v) is 2.86. The van der Waals surface area contributed by atoms with Gasteiger partial charge in [-0.2, -0.15) is 0 Å².